The fraction of sp³-hybridized carbons (Fsp3) is 0.786. The molecule has 1 saturated heterocycles. The molecule has 0 spiro atoms. The number of rotatable bonds is 5. The number of nitrogens with two attached hydrogens (primary N) is 1. The third-order valence-electron chi connectivity index (χ3n) is 3.69. The Balaban J connectivity index is 2.78. The van der Waals surface area contributed by atoms with E-state index < -0.39 is 17.4 Å². The molecular formula is C14H25N3O3. The average Bonchev–Trinajstić information content (AvgIpc) is 2.32. The van der Waals surface area contributed by atoms with Gasteiger partial charge in [0.15, 0.2) is 0 Å². The molecule has 1 unspecified atom stereocenters. The zero-order valence-electron chi connectivity index (χ0n) is 12.7. The van der Waals surface area contributed by atoms with Crippen molar-refractivity contribution in [2.45, 2.75) is 46.1 Å². The molecule has 1 fully saturated rings. The van der Waals surface area contributed by atoms with E-state index in [0.717, 1.165) is 6.42 Å². The summed E-state index contributed by atoms with van der Waals surface area (Å²) in [7, 11) is 0. The first-order valence-corrected chi connectivity index (χ1v) is 7.03. The Morgan fingerprint density at radius 1 is 1.40 bits per heavy atom. The Morgan fingerprint density at radius 2 is 2.00 bits per heavy atom. The lowest BCUT2D eigenvalue weighted by molar-refractivity contribution is -0.156. The van der Waals surface area contributed by atoms with E-state index in [1.807, 2.05) is 0 Å². The van der Waals surface area contributed by atoms with Gasteiger partial charge in [0.2, 0.25) is 11.8 Å². The summed E-state index contributed by atoms with van der Waals surface area (Å²) in [6.45, 7) is 7.80. The molecule has 6 nitrogen and oxygen atoms in total. The number of hydrogen-bond acceptors (Lipinski definition) is 4. The van der Waals surface area contributed by atoms with Crippen molar-refractivity contribution in [3.05, 3.63) is 0 Å². The number of nitrogens with zero attached hydrogens (tertiary/aromatic N) is 1. The van der Waals surface area contributed by atoms with E-state index in [4.69, 9.17) is 5.73 Å². The summed E-state index contributed by atoms with van der Waals surface area (Å²) in [5.41, 5.74) is 4.71. The molecule has 1 heterocycles. The number of piperazine rings is 1. The van der Waals surface area contributed by atoms with Crippen molar-refractivity contribution >= 4 is 17.7 Å². The van der Waals surface area contributed by atoms with Gasteiger partial charge in [-0.05, 0) is 38.6 Å². The van der Waals surface area contributed by atoms with Gasteiger partial charge in [-0.15, -0.1) is 0 Å². The number of nitrogens with one attached hydrogen (secondary N) is 1. The van der Waals surface area contributed by atoms with E-state index in [1.165, 1.54) is 4.90 Å². The maximum atomic E-state index is 12.4. The molecule has 20 heavy (non-hydrogen) atoms. The van der Waals surface area contributed by atoms with Gasteiger partial charge in [0.1, 0.15) is 12.1 Å². The predicted molar refractivity (Wildman–Crippen MR) is 75.6 cm³/mol. The van der Waals surface area contributed by atoms with Gasteiger partial charge in [0.25, 0.3) is 5.91 Å². The number of imide groups is 1. The van der Waals surface area contributed by atoms with Crippen LogP contribution >= 0.6 is 0 Å². The maximum absolute atomic E-state index is 12.4. The van der Waals surface area contributed by atoms with Crippen molar-refractivity contribution in [3.63, 3.8) is 0 Å². The van der Waals surface area contributed by atoms with Gasteiger partial charge in [-0.1, -0.05) is 13.8 Å². The molecule has 114 valence electrons. The number of amides is 3. The first-order valence-electron chi connectivity index (χ1n) is 7.03. The number of hydrogen-bond donors (Lipinski definition) is 2. The standard InChI is InChI=1S/C14H25N3O3/c1-9(2)5-10(7-15)6-12(19)17-8-11(18)16-13(20)14(17,3)4/h9-10H,5-8,15H2,1-4H3,(H,16,18,20). The Hall–Kier alpha value is -1.43. The molecule has 3 N–H and O–H groups in total. The molecule has 1 aliphatic heterocycles. The van der Waals surface area contributed by atoms with Crippen LogP contribution in [0.1, 0.15) is 40.5 Å². The van der Waals surface area contributed by atoms with E-state index >= 15 is 0 Å². The Labute approximate surface area is 120 Å². The predicted octanol–water partition coefficient (Wildman–Crippen LogP) is 0.261. The molecule has 0 radical (unpaired) electrons. The van der Waals surface area contributed by atoms with E-state index in [1.54, 1.807) is 13.8 Å². The lowest BCUT2D eigenvalue weighted by Gasteiger charge is -2.40. The van der Waals surface area contributed by atoms with E-state index in [0.29, 0.717) is 12.5 Å². The third kappa shape index (κ3) is 3.79. The molecule has 0 aromatic rings. The molecule has 6 heteroatoms. The minimum Gasteiger partial charge on any atom is -0.330 e. The number of carbonyl (C=O) groups is 3. The SMILES string of the molecule is CC(C)CC(CN)CC(=O)N1CC(=O)NC(=O)C1(C)C. The summed E-state index contributed by atoms with van der Waals surface area (Å²) >= 11 is 0. The maximum Gasteiger partial charge on any atom is 0.252 e. The molecule has 0 bridgehead atoms. The van der Waals surface area contributed by atoms with Crippen LogP contribution in [0.25, 0.3) is 0 Å². The highest BCUT2D eigenvalue weighted by molar-refractivity contribution is 6.06. The van der Waals surface area contributed by atoms with Gasteiger partial charge in [-0.2, -0.15) is 0 Å². The van der Waals surface area contributed by atoms with Gasteiger partial charge in [-0.3, -0.25) is 19.7 Å². The van der Waals surface area contributed by atoms with Crippen LogP contribution in [0.2, 0.25) is 0 Å². The molecule has 0 saturated carbocycles. The van der Waals surface area contributed by atoms with E-state index in [2.05, 4.69) is 19.2 Å². The second kappa shape index (κ2) is 6.35. The smallest absolute Gasteiger partial charge is 0.252 e. The molecule has 0 aliphatic carbocycles. The van der Waals surface area contributed by atoms with Crippen molar-refractivity contribution in [3.8, 4) is 0 Å². The zero-order valence-corrected chi connectivity index (χ0v) is 12.7. The highest BCUT2D eigenvalue weighted by Crippen LogP contribution is 2.22. The fourth-order valence-corrected chi connectivity index (χ4v) is 2.47. The van der Waals surface area contributed by atoms with E-state index in [-0.39, 0.29) is 24.8 Å². The average molecular weight is 283 g/mol. The van der Waals surface area contributed by atoms with Crippen molar-refractivity contribution in [2.24, 2.45) is 17.6 Å². The van der Waals surface area contributed by atoms with Crippen molar-refractivity contribution in [1.29, 1.82) is 0 Å². The molecule has 1 aliphatic rings. The summed E-state index contributed by atoms with van der Waals surface area (Å²) in [6, 6.07) is 0. The zero-order chi connectivity index (χ0) is 15.5. The second-order valence-corrected chi connectivity index (χ2v) is 6.35. The highest BCUT2D eigenvalue weighted by Gasteiger charge is 2.43. The van der Waals surface area contributed by atoms with Gasteiger partial charge < -0.3 is 10.6 Å². The molecule has 1 rings (SSSR count). The topological polar surface area (TPSA) is 92.5 Å². The minimum absolute atomic E-state index is 0.0729. The van der Waals surface area contributed by atoms with Crippen LogP contribution in [0, 0.1) is 11.8 Å². The van der Waals surface area contributed by atoms with Crippen LogP contribution in [0.15, 0.2) is 0 Å². The number of carbonyl (C=O) groups excluding carboxylic acids is 3. The summed E-state index contributed by atoms with van der Waals surface area (Å²) < 4.78 is 0. The first kappa shape index (κ1) is 16.6. The largest absolute Gasteiger partial charge is 0.330 e. The second-order valence-electron chi connectivity index (χ2n) is 6.35. The molecule has 0 aromatic carbocycles. The van der Waals surface area contributed by atoms with Crippen molar-refractivity contribution in [1.82, 2.24) is 10.2 Å². The summed E-state index contributed by atoms with van der Waals surface area (Å²) in [5, 5.41) is 2.26. The monoisotopic (exact) mass is 283 g/mol. The Morgan fingerprint density at radius 3 is 2.50 bits per heavy atom. The first-order chi connectivity index (χ1) is 9.18. The van der Waals surface area contributed by atoms with Gasteiger partial charge in [0, 0.05) is 6.42 Å². The molecule has 0 aromatic heterocycles. The lowest BCUT2D eigenvalue weighted by Crippen LogP contribution is -2.65. The summed E-state index contributed by atoms with van der Waals surface area (Å²) in [6.07, 6.45) is 1.13. The summed E-state index contributed by atoms with van der Waals surface area (Å²) in [5.74, 6) is -0.519. The van der Waals surface area contributed by atoms with Crippen LogP contribution in [-0.2, 0) is 14.4 Å². The quantitative estimate of drug-likeness (QED) is 0.708. The van der Waals surface area contributed by atoms with Crippen LogP contribution in [-0.4, -0.2) is 41.2 Å². The lowest BCUT2D eigenvalue weighted by atomic mass is 9.91. The van der Waals surface area contributed by atoms with Crippen molar-refractivity contribution < 1.29 is 14.4 Å². The fourth-order valence-electron chi connectivity index (χ4n) is 2.47. The molecule has 3 amide bonds. The minimum atomic E-state index is -0.998. The van der Waals surface area contributed by atoms with Gasteiger partial charge in [0.05, 0.1) is 0 Å². The van der Waals surface area contributed by atoms with Gasteiger partial charge in [-0.25, -0.2) is 0 Å². The third-order valence-corrected chi connectivity index (χ3v) is 3.69. The molecular weight excluding hydrogens is 258 g/mol. The van der Waals surface area contributed by atoms with E-state index in [9.17, 15) is 14.4 Å². The molecule has 1 atom stereocenters. The Kier molecular flexibility index (Phi) is 5.28. The highest BCUT2D eigenvalue weighted by atomic mass is 16.2. The Bertz CT molecular complexity index is 404. The van der Waals surface area contributed by atoms with Crippen LogP contribution in [0.4, 0.5) is 0 Å². The van der Waals surface area contributed by atoms with Crippen LogP contribution in [0.3, 0.4) is 0 Å². The normalized spacial score (nSPS) is 20.0. The van der Waals surface area contributed by atoms with Crippen LogP contribution < -0.4 is 11.1 Å². The van der Waals surface area contributed by atoms with Gasteiger partial charge >= 0.3 is 0 Å². The van der Waals surface area contributed by atoms with Crippen molar-refractivity contribution in [2.75, 3.05) is 13.1 Å². The summed E-state index contributed by atoms with van der Waals surface area (Å²) in [4.78, 5) is 37.0. The van der Waals surface area contributed by atoms with Crippen LogP contribution in [0.5, 0.6) is 0 Å².